The van der Waals surface area contributed by atoms with E-state index in [4.69, 9.17) is 4.74 Å². The number of hydrogen-bond acceptors (Lipinski definition) is 5. The number of nitrogens with zero attached hydrogens (tertiary/aromatic N) is 1. The molecule has 1 atom stereocenters. The minimum absolute atomic E-state index is 0.375. The van der Waals surface area contributed by atoms with Crippen molar-refractivity contribution in [2.24, 2.45) is 0 Å². The van der Waals surface area contributed by atoms with Gasteiger partial charge in [-0.1, -0.05) is 18.2 Å². The standard InChI is InChI=1S/C24H21F4NO4S/c1-23(17-3-9-20(10-4-17)33-34(30,31)24(26,27)28)22-12-11-21(32-2)15-16(22)13-14-29(23)19-7-5-18(25)6-8-19/h3-12,15H,13-14H2,1-2H3. The van der Waals surface area contributed by atoms with E-state index in [-0.39, 0.29) is 5.82 Å². The maximum absolute atomic E-state index is 13.6. The summed E-state index contributed by atoms with van der Waals surface area (Å²) < 4.78 is 84.0. The molecule has 0 N–H and O–H groups in total. The van der Waals surface area contributed by atoms with E-state index in [2.05, 4.69) is 9.08 Å². The number of anilines is 1. The van der Waals surface area contributed by atoms with Gasteiger partial charge >= 0.3 is 15.6 Å². The van der Waals surface area contributed by atoms with Crippen LogP contribution in [0.25, 0.3) is 0 Å². The van der Waals surface area contributed by atoms with Gasteiger partial charge in [-0.05, 0) is 78.6 Å². The van der Waals surface area contributed by atoms with E-state index in [0.717, 1.165) is 16.8 Å². The Bertz CT molecular complexity index is 1290. The molecule has 1 aliphatic heterocycles. The lowest BCUT2D eigenvalue weighted by atomic mass is 9.76. The molecule has 0 spiro atoms. The van der Waals surface area contributed by atoms with Gasteiger partial charge in [0.25, 0.3) is 0 Å². The molecule has 0 bridgehead atoms. The minimum Gasteiger partial charge on any atom is -0.497 e. The van der Waals surface area contributed by atoms with Crippen molar-refractivity contribution in [1.82, 2.24) is 0 Å². The number of benzene rings is 3. The van der Waals surface area contributed by atoms with Gasteiger partial charge in [0, 0.05) is 12.2 Å². The molecular weight excluding hydrogens is 474 g/mol. The van der Waals surface area contributed by atoms with Crippen molar-refractivity contribution in [3.05, 3.63) is 89.2 Å². The van der Waals surface area contributed by atoms with Gasteiger partial charge in [0.2, 0.25) is 0 Å². The summed E-state index contributed by atoms with van der Waals surface area (Å²) in [5.41, 5.74) is -2.94. The first-order valence-corrected chi connectivity index (χ1v) is 11.7. The molecule has 0 fully saturated rings. The third kappa shape index (κ3) is 4.18. The Morgan fingerprint density at radius 1 is 0.941 bits per heavy atom. The van der Waals surface area contributed by atoms with Crippen molar-refractivity contribution in [2.45, 2.75) is 24.4 Å². The first kappa shape index (κ1) is 23.9. The second-order valence-electron chi connectivity index (χ2n) is 7.98. The molecule has 5 nitrogen and oxygen atoms in total. The van der Waals surface area contributed by atoms with Crippen LogP contribution in [-0.4, -0.2) is 27.6 Å². The van der Waals surface area contributed by atoms with E-state index in [9.17, 15) is 26.0 Å². The summed E-state index contributed by atoms with van der Waals surface area (Å²) in [5.74, 6) is -0.138. The molecule has 34 heavy (non-hydrogen) atoms. The van der Waals surface area contributed by atoms with Gasteiger partial charge < -0.3 is 13.8 Å². The van der Waals surface area contributed by atoms with Gasteiger partial charge in [0.1, 0.15) is 17.3 Å². The van der Waals surface area contributed by atoms with Crippen LogP contribution >= 0.6 is 0 Å². The highest BCUT2D eigenvalue weighted by Gasteiger charge is 2.48. The first-order valence-electron chi connectivity index (χ1n) is 10.3. The zero-order valence-electron chi connectivity index (χ0n) is 18.3. The van der Waals surface area contributed by atoms with Crippen LogP contribution in [0.5, 0.6) is 11.5 Å². The summed E-state index contributed by atoms with van der Waals surface area (Å²) in [5, 5.41) is 0. The predicted octanol–water partition coefficient (Wildman–Crippen LogP) is 5.39. The van der Waals surface area contributed by atoms with Crippen LogP contribution in [0.15, 0.2) is 66.7 Å². The molecule has 180 valence electrons. The normalized spacial score (nSPS) is 18.4. The maximum atomic E-state index is 13.6. The van der Waals surface area contributed by atoms with Crippen LogP contribution in [0, 0.1) is 5.82 Å². The molecule has 1 aliphatic rings. The van der Waals surface area contributed by atoms with E-state index in [0.29, 0.717) is 24.3 Å². The number of alkyl halides is 3. The third-order valence-electron chi connectivity index (χ3n) is 6.03. The summed E-state index contributed by atoms with van der Waals surface area (Å²) in [7, 11) is -4.21. The van der Waals surface area contributed by atoms with Crippen LogP contribution in [0.2, 0.25) is 0 Å². The van der Waals surface area contributed by atoms with Gasteiger partial charge in [0.15, 0.2) is 0 Å². The zero-order chi connectivity index (χ0) is 24.7. The van der Waals surface area contributed by atoms with Crippen molar-refractivity contribution in [2.75, 3.05) is 18.6 Å². The lowest BCUT2D eigenvalue weighted by molar-refractivity contribution is -0.0500. The van der Waals surface area contributed by atoms with Gasteiger partial charge in [-0.2, -0.15) is 21.6 Å². The fourth-order valence-electron chi connectivity index (χ4n) is 4.31. The Kier molecular flexibility index (Phi) is 5.97. The molecule has 0 aromatic heterocycles. The van der Waals surface area contributed by atoms with Gasteiger partial charge in [-0.25, -0.2) is 4.39 Å². The van der Waals surface area contributed by atoms with Crippen LogP contribution < -0.4 is 13.8 Å². The number of rotatable bonds is 5. The van der Waals surface area contributed by atoms with Crippen LogP contribution in [0.4, 0.5) is 23.2 Å². The van der Waals surface area contributed by atoms with E-state index >= 15 is 0 Å². The van der Waals surface area contributed by atoms with Gasteiger partial charge in [0.05, 0.1) is 12.6 Å². The average molecular weight is 495 g/mol. The quantitative estimate of drug-likeness (QED) is 0.270. The van der Waals surface area contributed by atoms with Crippen molar-refractivity contribution in [1.29, 1.82) is 0 Å². The van der Waals surface area contributed by atoms with E-state index in [1.165, 1.54) is 36.4 Å². The Morgan fingerprint density at radius 3 is 2.15 bits per heavy atom. The number of hydrogen-bond donors (Lipinski definition) is 0. The van der Waals surface area contributed by atoms with Gasteiger partial charge in [-0.15, -0.1) is 0 Å². The molecule has 3 aromatic carbocycles. The molecular formula is C24H21F4NO4S. The largest absolute Gasteiger partial charge is 0.534 e. The van der Waals surface area contributed by atoms with Crippen LogP contribution in [0.1, 0.15) is 23.6 Å². The SMILES string of the molecule is COc1ccc2c(c1)CCN(c1ccc(F)cc1)C2(C)c1ccc(OS(=O)(=O)C(F)(F)F)cc1. The molecule has 4 rings (SSSR count). The highest BCUT2D eigenvalue weighted by atomic mass is 32.2. The Morgan fingerprint density at radius 2 is 1.56 bits per heavy atom. The van der Waals surface area contributed by atoms with Crippen LogP contribution in [-0.2, 0) is 22.1 Å². The summed E-state index contributed by atoms with van der Waals surface area (Å²) in [6.07, 6.45) is 0.685. The fraction of sp³-hybridized carbons (Fsp3) is 0.250. The summed E-state index contributed by atoms with van der Waals surface area (Å²) in [6, 6.07) is 17.1. The fourth-order valence-corrected chi connectivity index (χ4v) is 4.77. The molecule has 10 heteroatoms. The van der Waals surface area contributed by atoms with Crippen molar-refractivity contribution < 1.29 is 34.9 Å². The molecule has 1 unspecified atom stereocenters. The van der Waals surface area contributed by atoms with Crippen molar-refractivity contribution in [3.63, 3.8) is 0 Å². The number of fused-ring (bicyclic) bond motifs is 1. The van der Waals surface area contributed by atoms with Crippen molar-refractivity contribution >= 4 is 15.8 Å². The zero-order valence-corrected chi connectivity index (χ0v) is 19.1. The lowest BCUT2D eigenvalue weighted by Gasteiger charge is -2.48. The Labute approximate surface area is 194 Å². The van der Waals surface area contributed by atoms with Gasteiger partial charge in [-0.3, -0.25) is 0 Å². The smallest absolute Gasteiger partial charge is 0.497 e. The number of methoxy groups -OCH3 is 1. The number of halogens is 4. The number of ether oxygens (including phenoxy) is 1. The Hall–Kier alpha value is -3.27. The minimum atomic E-state index is -5.78. The molecule has 0 aliphatic carbocycles. The van der Waals surface area contributed by atoms with Crippen LogP contribution in [0.3, 0.4) is 0 Å². The molecule has 0 saturated carbocycles. The summed E-state index contributed by atoms with van der Waals surface area (Å²) in [4.78, 5) is 2.07. The van der Waals surface area contributed by atoms with E-state index in [1.807, 2.05) is 25.1 Å². The first-order chi connectivity index (χ1) is 16.0. The van der Waals surface area contributed by atoms with E-state index < -0.39 is 26.9 Å². The predicted molar refractivity (Wildman–Crippen MR) is 119 cm³/mol. The lowest BCUT2D eigenvalue weighted by Crippen LogP contribution is -2.49. The highest BCUT2D eigenvalue weighted by molar-refractivity contribution is 7.88. The maximum Gasteiger partial charge on any atom is 0.534 e. The second-order valence-corrected chi connectivity index (χ2v) is 9.52. The van der Waals surface area contributed by atoms with Crippen molar-refractivity contribution in [3.8, 4) is 11.5 Å². The summed E-state index contributed by atoms with van der Waals surface area (Å²) in [6.45, 7) is 2.52. The third-order valence-corrected chi connectivity index (χ3v) is 7.00. The van der Waals surface area contributed by atoms with E-state index in [1.54, 1.807) is 19.2 Å². The second kappa shape index (κ2) is 8.50. The molecule has 0 amide bonds. The molecule has 3 aromatic rings. The topological polar surface area (TPSA) is 55.8 Å². The molecule has 0 saturated heterocycles. The molecule has 1 heterocycles. The monoisotopic (exact) mass is 495 g/mol. The molecule has 0 radical (unpaired) electrons. The average Bonchev–Trinajstić information content (AvgIpc) is 2.79. The Balaban J connectivity index is 1.80. The highest BCUT2D eigenvalue weighted by Crippen LogP contribution is 2.44. The summed E-state index contributed by atoms with van der Waals surface area (Å²) >= 11 is 0.